The number of urea groups is 1. The monoisotopic (exact) mass is 393 g/mol. The van der Waals surface area contributed by atoms with Crippen LogP contribution in [0.1, 0.15) is 36.1 Å². The molecular formula is C21H23N5O3. The number of ether oxygens (including phenoxy) is 2. The summed E-state index contributed by atoms with van der Waals surface area (Å²) in [5, 5.41) is 20.8. The lowest BCUT2D eigenvalue weighted by Gasteiger charge is -2.15. The predicted molar refractivity (Wildman–Crippen MR) is 108 cm³/mol. The van der Waals surface area contributed by atoms with E-state index in [2.05, 4.69) is 29.2 Å². The van der Waals surface area contributed by atoms with Gasteiger partial charge in [0.2, 0.25) is 0 Å². The lowest BCUT2D eigenvalue weighted by Crippen LogP contribution is -2.40. The molecule has 0 saturated heterocycles. The van der Waals surface area contributed by atoms with Gasteiger partial charge in [0.05, 0.1) is 23.9 Å². The van der Waals surface area contributed by atoms with Gasteiger partial charge in [0.15, 0.2) is 6.73 Å². The van der Waals surface area contributed by atoms with Crippen molar-refractivity contribution in [1.82, 2.24) is 10.7 Å². The molecular weight excluding hydrogens is 370 g/mol. The van der Waals surface area contributed by atoms with E-state index in [1.165, 1.54) is 24.8 Å². The van der Waals surface area contributed by atoms with E-state index in [1.54, 1.807) is 0 Å². The maximum Gasteiger partial charge on any atom is 0.336 e. The number of carbonyl (C=O) groups excluding carboxylic acids is 1. The lowest BCUT2D eigenvalue weighted by molar-refractivity contribution is 0.225. The van der Waals surface area contributed by atoms with Crippen LogP contribution in [-0.4, -0.2) is 19.9 Å². The Morgan fingerprint density at radius 2 is 1.76 bits per heavy atom. The first kappa shape index (κ1) is 21.4. The van der Waals surface area contributed by atoms with Gasteiger partial charge in [0, 0.05) is 6.07 Å². The SMILES string of the molecule is CCc1ccc(OCNC(=O)NNc2cc(C#N)c(C#N)cc2OC)c(CC)c1. The summed E-state index contributed by atoms with van der Waals surface area (Å²) in [4.78, 5) is 12.0. The van der Waals surface area contributed by atoms with Crippen LogP contribution in [0.25, 0.3) is 0 Å². The van der Waals surface area contributed by atoms with Crippen molar-refractivity contribution in [2.45, 2.75) is 26.7 Å². The molecule has 0 unspecified atom stereocenters. The second kappa shape index (κ2) is 10.4. The van der Waals surface area contributed by atoms with Crippen molar-refractivity contribution in [2.75, 3.05) is 19.3 Å². The molecule has 0 radical (unpaired) electrons. The Labute approximate surface area is 170 Å². The van der Waals surface area contributed by atoms with Gasteiger partial charge < -0.3 is 14.8 Å². The third-order valence-electron chi connectivity index (χ3n) is 4.27. The first-order chi connectivity index (χ1) is 14.1. The van der Waals surface area contributed by atoms with Gasteiger partial charge >= 0.3 is 6.03 Å². The largest absolute Gasteiger partial charge is 0.494 e. The molecule has 3 N–H and O–H groups in total. The molecule has 0 aliphatic heterocycles. The Morgan fingerprint density at radius 1 is 1.03 bits per heavy atom. The molecule has 0 aliphatic rings. The second-order valence-electron chi connectivity index (χ2n) is 6.02. The van der Waals surface area contributed by atoms with Crippen molar-refractivity contribution in [3.63, 3.8) is 0 Å². The highest BCUT2D eigenvalue weighted by Crippen LogP contribution is 2.27. The van der Waals surface area contributed by atoms with Gasteiger partial charge in [-0.3, -0.25) is 10.9 Å². The predicted octanol–water partition coefficient (Wildman–Crippen LogP) is 3.23. The van der Waals surface area contributed by atoms with E-state index >= 15 is 0 Å². The number of nitriles is 2. The summed E-state index contributed by atoms with van der Waals surface area (Å²) < 4.78 is 10.8. The minimum absolute atomic E-state index is 0.0140. The van der Waals surface area contributed by atoms with Crippen LogP contribution in [0.3, 0.4) is 0 Å². The molecule has 2 rings (SSSR count). The maximum absolute atomic E-state index is 12.0. The van der Waals surface area contributed by atoms with Crippen LogP contribution in [0.5, 0.6) is 11.5 Å². The molecule has 2 aromatic rings. The molecule has 2 aromatic carbocycles. The number of anilines is 1. The zero-order valence-corrected chi connectivity index (χ0v) is 16.6. The van der Waals surface area contributed by atoms with E-state index in [4.69, 9.17) is 20.0 Å². The molecule has 2 amide bonds. The average molecular weight is 393 g/mol. The fraction of sp³-hybridized carbons (Fsp3) is 0.286. The molecule has 29 heavy (non-hydrogen) atoms. The van der Waals surface area contributed by atoms with E-state index in [0.717, 1.165) is 24.2 Å². The van der Waals surface area contributed by atoms with Gasteiger partial charge in [-0.05, 0) is 36.1 Å². The van der Waals surface area contributed by atoms with E-state index in [1.807, 2.05) is 31.2 Å². The van der Waals surface area contributed by atoms with Gasteiger partial charge in [-0.2, -0.15) is 10.5 Å². The topological polar surface area (TPSA) is 119 Å². The number of rotatable bonds is 8. The number of hydrazine groups is 1. The molecule has 8 heteroatoms. The molecule has 0 aromatic heterocycles. The van der Waals surface area contributed by atoms with Crippen LogP contribution in [0.2, 0.25) is 0 Å². The fourth-order valence-electron chi connectivity index (χ4n) is 2.65. The van der Waals surface area contributed by atoms with E-state index in [0.29, 0.717) is 11.4 Å². The summed E-state index contributed by atoms with van der Waals surface area (Å²) in [6, 6.07) is 12.2. The number of hydrogen-bond acceptors (Lipinski definition) is 6. The number of hydrogen-bond donors (Lipinski definition) is 3. The third-order valence-corrected chi connectivity index (χ3v) is 4.27. The maximum atomic E-state index is 12.0. The summed E-state index contributed by atoms with van der Waals surface area (Å²) in [5.41, 5.74) is 8.14. The molecule has 150 valence electrons. The van der Waals surface area contributed by atoms with E-state index < -0.39 is 6.03 Å². The Morgan fingerprint density at radius 3 is 2.38 bits per heavy atom. The minimum Gasteiger partial charge on any atom is -0.494 e. The van der Waals surface area contributed by atoms with Gasteiger partial charge in [-0.15, -0.1) is 0 Å². The smallest absolute Gasteiger partial charge is 0.336 e. The van der Waals surface area contributed by atoms with Gasteiger partial charge in [0.1, 0.15) is 23.6 Å². The zero-order chi connectivity index (χ0) is 21.2. The number of methoxy groups -OCH3 is 1. The van der Waals surface area contributed by atoms with Gasteiger partial charge in [-0.25, -0.2) is 4.79 Å². The van der Waals surface area contributed by atoms with Crippen LogP contribution < -0.4 is 25.6 Å². The number of carbonyl (C=O) groups is 1. The van der Waals surface area contributed by atoms with Crippen molar-refractivity contribution < 1.29 is 14.3 Å². The van der Waals surface area contributed by atoms with Crippen LogP contribution in [-0.2, 0) is 12.8 Å². The molecule has 0 bridgehead atoms. The fourth-order valence-corrected chi connectivity index (χ4v) is 2.65. The van der Waals surface area contributed by atoms with Crippen LogP contribution in [0, 0.1) is 22.7 Å². The molecule has 0 fully saturated rings. The van der Waals surface area contributed by atoms with Gasteiger partial charge in [0.25, 0.3) is 0 Å². The Hall–Kier alpha value is -3.91. The van der Waals surface area contributed by atoms with Crippen molar-refractivity contribution in [1.29, 1.82) is 10.5 Å². The quantitative estimate of drug-likeness (QED) is 0.468. The molecule has 0 aliphatic carbocycles. The van der Waals surface area contributed by atoms with E-state index in [9.17, 15) is 4.79 Å². The van der Waals surface area contributed by atoms with E-state index in [-0.39, 0.29) is 17.9 Å². The second-order valence-corrected chi connectivity index (χ2v) is 6.02. The molecule has 0 saturated carbocycles. The summed E-state index contributed by atoms with van der Waals surface area (Å²) in [6.45, 7) is 4.13. The Balaban J connectivity index is 1.93. The molecule has 0 heterocycles. The lowest BCUT2D eigenvalue weighted by atomic mass is 10.1. The van der Waals surface area contributed by atoms with Gasteiger partial charge in [-0.1, -0.05) is 26.0 Å². The van der Waals surface area contributed by atoms with Crippen molar-refractivity contribution in [2.24, 2.45) is 0 Å². The molecule has 0 spiro atoms. The number of nitrogens with zero attached hydrogens (tertiary/aromatic N) is 2. The third kappa shape index (κ3) is 5.53. The summed E-state index contributed by atoms with van der Waals surface area (Å²) in [7, 11) is 1.43. The normalized spacial score (nSPS) is 9.69. The Kier molecular flexibility index (Phi) is 7.69. The first-order valence-corrected chi connectivity index (χ1v) is 9.12. The number of benzene rings is 2. The zero-order valence-electron chi connectivity index (χ0n) is 16.6. The van der Waals surface area contributed by atoms with Crippen LogP contribution >= 0.6 is 0 Å². The minimum atomic E-state index is -0.529. The van der Waals surface area contributed by atoms with Crippen LogP contribution in [0.4, 0.5) is 10.5 Å². The highest BCUT2D eigenvalue weighted by atomic mass is 16.5. The molecule has 8 nitrogen and oxygen atoms in total. The number of nitrogens with one attached hydrogen (secondary N) is 3. The van der Waals surface area contributed by atoms with Crippen molar-refractivity contribution in [3.8, 4) is 23.6 Å². The summed E-state index contributed by atoms with van der Waals surface area (Å²) >= 11 is 0. The standard InChI is InChI=1S/C21H23N5O3/c1-4-14-6-7-19(15(5-2)8-14)29-13-24-21(27)26-25-18-9-16(11-22)17(12-23)10-20(18)28-3/h6-10,25H,4-5,13H2,1-3H3,(H2,24,26,27). The number of aryl methyl sites for hydroxylation is 2. The van der Waals surface area contributed by atoms with Crippen molar-refractivity contribution >= 4 is 11.7 Å². The highest BCUT2D eigenvalue weighted by Gasteiger charge is 2.11. The molecule has 0 atom stereocenters. The number of amides is 2. The van der Waals surface area contributed by atoms with Crippen molar-refractivity contribution in [3.05, 3.63) is 52.6 Å². The Bertz CT molecular complexity index is 960. The summed E-state index contributed by atoms with van der Waals surface area (Å²) in [6.07, 6.45) is 1.78. The highest BCUT2D eigenvalue weighted by molar-refractivity contribution is 5.76. The first-order valence-electron chi connectivity index (χ1n) is 9.12. The summed E-state index contributed by atoms with van der Waals surface area (Å²) in [5.74, 6) is 1.05. The average Bonchev–Trinajstić information content (AvgIpc) is 2.76. The van der Waals surface area contributed by atoms with Crippen LogP contribution in [0.15, 0.2) is 30.3 Å².